The van der Waals surface area contributed by atoms with Crippen LogP contribution >= 0.6 is 15.9 Å². The Balaban J connectivity index is 0.000000272. The molecule has 29 nitrogen and oxygen atoms in total. The average molecular weight is 2070 g/mol. The number of ketones is 2. The van der Waals surface area contributed by atoms with E-state index in [1.807, 2.05) is 207 Å². The number of pyridine rings is 4. The molecule has 1 N–H and O–H groups in total. The number of fused-ring (bicyclic) bond motifs is 4. The zero-order valence-corrected chi connectivity index (χ0v) is 93.3. The number of aryl methyl sites for hydroxylation is 4. The fourth-order valence-corrected chi connectivity index (χ4v) is 17.1. The van der Waals surface area contributed by atoms with E-state index in [1.165, 1.54) is 72.3 Å². The third-order valence-electron chi connectivity index (χ3n) is 25.6. The van der Waals surface area contributed by atoms with Crippen LogP contribution in [0.3, 0.4) is 0 Å². The van der Waals surface area contributed by atoms with Gasteiger partial charge in [-0.05, 0) is 331 Å². The number of esters is 4. The van der Waals surface area contributed by atoms with Crippen LogP contribution in [-0.4, -0.2) is 250 Å². The van der Waals surface area contributed by atoms with Crippen LogP contribution in [-0.2, 0) is 28.3 Å². The van der Waals surface area contributed by atoms with Crippen molar-refractivity contribution in [3.05, 3.63) is 230 Å². The molecule has 0 bridgehead atoms. The number of hydrogen-bond donors (Lipinski definition) is 1. The van der Waals surface area contributed by atoms with Gasteiger partial charge in [0.1, 0.15) is 4.60 Å². The van der Waals surface area contributed by atoms with Crippen molar-refractivity contribution in [2.24, 2.45) is 0 Å². The second-order valence-corrected chi connectivity index (χ2v) is 37.9. The van der Waals surface area contributed by atoms with Crippen molar-refractivity contribution in [3.8, 4) is 33.8 Å². The maximum Gasteiger partial charge on any atom is 1.00 e. The molecule has 0 aromatic carbocycles. The third-order valence-corrected chi connectivity index (χ3v) is 26.0. The maximum absolute atomic E-state index is 13.1. The Kier molecular flexibility index (Phi) is 46.3. The van der Waals surface area contributed by atoms with E-state index in [2.05, 4.69) is 131 Å². The molecule has 4 aliphatic heterocycles. The standard InChI is InChI=1S/C26H33N5O2.C25H30N4O2.C20H26BNO5.C19H19N3O3.C6H15N.C5H5BrN2.C5H11N.C3H5F3.B.Na.H/c1-7-29-12-14-30(15-13-29)20(6)25-19(5)22(26(32)33-17(2)3)16-24-21(10-11-31(24)25)23-9-8-18(4)27-28-23;1-16(2)31-25(30)21-15-23-20(22-10-9-17(3)26-27-22)11-14-29(23)24(18(21)4)19(5)28-12-7-6-8-13-28;1-8-25-18(24)14-11-16-15(21-26-19(4,5)20(6,7)27-21)9-10-22(16)17(12(14)2)13(3)23;1-5-25-19(24)15-10-17-14(16-7-6-11(2)20-21-16)8-9-22(17)18(12(15)3)13(4)23;1-4-7(5-2)6-3;1-4-2-3-5(6)8-7-4;1-2-4-6-5-3-1;1-2-3(4,5)6;;;/h8-11,16-17H,6-7,12-15H2,1-5H3;9-11,14-16H,5-8,12-13H2,1-4H3;9-11H,8H2,1-7H3;6-10H,5H2,1-4H3;4-6H2,1-3H3;2-3H,1H3;6H,1-5H2;2H2,1H3;;;/q;;;;;;;;;+1;-1. The smallest absolute Gasteiger partial charge is 1.00 e. The van der Waals surface area contributed by atoms with Crippen molar-refractivity contribution in [3.63, 3.8) is 0 Å². The quantitative estimate of drug-likeness (QED) is 0.0285. The largest absolute Gasteiger partial charge is 1.00 e. The van der Waals surface area contributed by atoms with Gasteiger partial charge in [-0.2, -0.15) is 48.9 Å². The minimum atomic E-state index is -3.96. The Hall–Kier alpha value is -11.1. The molecule has 4 saturated heterocycles. The molecule has 16 rings (SSSR count). The molecule has 36 heteroatoms. The van der Waals surface area contributed by atoms with Crippen LogP contribution in [0, 0.1) is 55.4 Å². The van der Waals surface area contributed by atoms with E-state index in [0.717, 1.165) is 177 Å². The molecular weight excluding hydrogens is 1920 g/mol. The van der Waals surface area contributed by atoms with Crippen LogP contribution in [0.2, 0.25) is 0 Å². The predicted octanol–water partition coefficient (Wildman–Crippen LogP) is 17.9. The number of rotatable bonds is 22. The Morgan fingerprint density at radius 2 is 0.786 bits per heavy atom. The number of likely N-dealkylation sites (N-methyl/N-ethyl adjacent to an activating group) is 1. The van der Waals surface area contributed by atoms with Crippen molar-refractivity contribution in [2.75, 3.05) is 91.8 Å². The SMILES string of the molecule is C1CCNCC1.C=C(c1c(C)c(C(=O)OC(C)C)cc2c(-c3ccc(C)nn3)ccn12)N1CCCCC1.C=C(c1c(C)c(C(=O)OC(C)C)cc2c(-c3ccc(C)nn3)ccn12)N1CCN(CC)CC1.CCC(F)(F)F.CCN(CC)CC.CCOC(=O)c1cc2c(-c3ccc(C)nn3)ccn2c(C(C)=O)c1C.CCOC(=O)c1cc2c(B3OC(C)(C)C(C)(C)O3)ccn2c(C(C)=O)c1C.Cc1ccc(Br)nn1.[B].[H-].[Na+]. The van der Waals surface area contributed by atoms with Gasteiger partial charge in [-0.1, -0.05) is 54.2 Å². The summed E-state index contributed by atoms with van der Waals surface area (Å²) in [5, 5.41) is 36.3. The second kappa shape index (κ2) is 55.6. The summed E-state index contributed by atoms with van der Waals surface area (Å²) in [4.78, 5) is 84.8. The summed E-state index contributed by atoms with van der Waals surface area (Å²) in [6.07, 6.45) is 10.4. The van der Waals surface area contributed by atoms with Crippen LogP contribution < -0.4 is 40.3 Å². The number of hydrogen-bond acceptors (Lipinski definition) is 25. The summed E-state index contributed by atoms with van der Waals surface area (Å²) < 4.78 is 74.7. The van der Waals surface area contributed by atoms with Gasteiger partial charge in [0.05, 0.1) is 149 Å². The number of carbonyl (C=O) groups is 6. The normalized spacial score (nSPS) is 14.2. The summed E-state index contributed by atoms with van der Waals surface area (Å²) in [6, 6.07) is 30.4. The first-order chi connectivity index (χ1) is 67.8. The first-order valence-corrected chi connectivity index (χ1v) is 50.3. The van der Waals surface area contributed by atoms with Crippen LogP contribution in [0.15, 0.2) is 140 Å². The van der Waals surface area contributed by atoms with E-state index in [9.17, 15) is 41.9 Å². The zero-order valence-electron chi connectivity index (χ0n) is 90.7. The number of nitrogens with zero attached hydrogens (tertiary/aromatic N) is 16. The van der Waals surface area contributed by atoms with Gasteiger partial charge in [-0.15, -0.1) is 5.10 Å². The van der Waals surface area contributed by atoms with Crippen molar-refractivity contribution >= 4 is 106 Å². The number of aromatic nitrogens is 12. The number of Topliss-reactive ketones (excluding diaryl/α,β-unsaturated/α-hetero) is 2. The molecule has 145 heavy (non-hydrogen) atoms. The Bertz CT molecular complexity index is 6340. The Labute approximate surface area is 887 Å². The Morgan fingerprint density at radius 1 is 0.462 bits per heavy atom. The third kappa shape index (κ3) is 31.5. The van der Waals surface area contributed by atoms with E-state index in [4.69, 9.17) is 28.3 Å². The van der Waals surface area contributed by atoms with Gasteiger partial charge in [0.25, 0.3) is 0 Å². The van der Waals surface area contributed by atoms with Gasteiger partial charge in [0.15, 0.2) is 11.6 Å². The molecule has 16 heterocycles. The average Bonchev–Trinajstić information content (AvgIpc) is 1.58. The second-order valence-electron chi connectivity index (χ2n) is 37.1. The summed E-state index contributed by atoms with van der Waals surface area (Å²) in [5.74, 6) is -1.76. The molecule has 773 valence electrons. The molecule has 0 atom stereocenters. The first-order valence-electron chi connectivity index (χ1n) is 49.5. The molecule has 0 aliphatic carbocycles. The minimum absolute atomic E-state index is 0. The van der Waals surface area contributed by atoms with E-state index >= 15 is 0 Å². The molecule has 12 aromatic rings. The summed E-state index contributed by atoms with van der Waals surface area (Å²) in [6.45, 7) is 69.2. The Morgan fingerprint density at radius 3 is 1.08 bits per heavy atom. The van der Waals surface area contributed by atoms with Crippen molar-refractivity contribution in [2.45, 2.75) is 248 Å². The van der Waals surface area contributed by atoms with E-state index < -0.39 is 42.9 Å². The fraction of sp³-hybridized carbons (Fsp3) is 0.468. The van der Waals surface area contributed by atoms with Gasteiger partial charge < -0.3 is 72.2 Å². The number of ether oxygens (including phenoxy) is 4. The monoisotopic (exact) mass is 2070 g/mol. The van der Waals surface area contributed by atoms with Gasteiger partial charge in [0, 0.05) is 120 Å². The molecule has 12 aromatic heterocycles. The molecular formula is C109H145B2BrF3N17NaO12. The van der Waals surface area contributed by atoms with Gasteiger partial charge in [0.2, 0.25) is 0 Å². The van der Waals surface area contributed by atoms with Crippen molar-refractivity contribution < 1.29 is 101 Å². The summed E-state index contributed by atoms with van der Waals surface area (Å²) in [5.41, 5.74) is 20.9. The molecule has 3 radical (unpaired) electrons. The first kappa shape index (κ1) is 121. The maximum atomic E-state index is 13.1. The fourth-order valence-electron chi connectivity index (χ4n) is 16.9. The number of piperidine rings is 2. The molecule has 0 unspecified atom stereocenters. The van der Waals surface area contributed by atoms with E-state index in [0.29, 0.717) is 56.0 Å². The number of nitrogens with one attached hydrogen (secondary N) is 1. The van der Waals surface area contributed by atoms with Crippen LogP contribution in [0.5, 0.6) is 0 Å². The number of likely N-dealkylation sites (tertiary alicyclic amines) is 1. The number of alkyl halides is 3. The topological polar surface area (TPSA) is 304 Å². The van der Waals surface area contributed by atoms with Crippen LogP contribution in [0.1, 0.15) is 283 Å². The van der Waals surface area contributed by atoms with E-state index in [-0.39, 0.29) is 88.3 Å². The van der Waals surface area contributed by atoms with Crippen molar-refractivity contribution in [1.29, 1.82) is 0 Å². The molecule has 0 spiro atoms. The molecule has 4 aliphatic rings. The predicted molar refractivity (Wildman–Crippen MR) is 570 cm³/mol. The van der Waals surface area contributed by atoms with Crippen molar-refractivity contribution in [1.82, 2.24) is 83.3 Å². The van der Waals surface area contributed by atoms with E-state index in [1.54, 1.807) is 48.6 Å². The minimum Gasteiger partial charge on any atom is -1.00 e. The number of piperazine rings is 1. The van der Waals surface area contributed by atoms with Gasteiger partial charge >= 0.3 is 66.7 Å². The van der Waals surface area contributed by atoms with Crippen LogP contribution in [0.4, 0.5) is 13.2 Å². The molecule has 0 saturated carbocycles. The number of carbonyl (C=O) groups excluding carboxylic acids is 6. The molecule has 0 amide bonds. The van der Waals surface area contributed by atoms with Gasteiger partial charge in [-0.3, -0.25) is 9.59 Å². The van der Waals surface area contributed by atoms with Crippen LogP contribution in [0.25, 0.3) is 67.2 Å². The summed E-state index contributed by atoms with van der Waals surface area (Å²) >= 11 is 3.17. The van der Waals surface area contributed by atoms with Gasteiger partial charge in [-0.25, -0.2) is 19.2 Å². The summed E-state index contributed by atoms with van der Waals surface area (Å²) in [7, 11) is -0.586. The molecule has 4 fully saturated rings. The number of halogens is 4. The zero-order chi connectivity index (χ0) is 105.